The van der Waals surface area contributed by atoms with Gasteiger partial charge in [-0.25, -0.2) is 10.0 Å². The molecule has 1 saturated carbocycles. The first-order chi connectivity index (χ1) is 10.2. The molecule has 1 heterocycles. The lowest BCUT2D eigenvalue weighted by molar-refractivity contribution is 0.0958. The number of benzene rings is 1. The van der Waals surface area contributed by atoms with Crippen LogP contribution in [0.3, 0.4) is 0 Å². The summed E-state index contributed by atoms with van der Waals surface area (Å²) >= 11 is 0. The van der Waals surface area contributed by atoms with Gasteiger partial charge in [-0.3, -0.25) is 4.79 Å². The summed E-state index contributed by atoms with van der Waals surface area (Å²) in [6.45, 7) is 0. The van der Waals surface area contributed by atoms with E-state index in [1.54, 1.807) is 0 Å². The van der Waals surface area contributed by atoms with Crippen molar-refractivity contribution in [2.24, 2.45) is 5.92 Å². The fourth-order valence-corrected chi connectivity index (χ4v) is 8.65. The lowest BCUT2D eigenvalue weighted by Gasteiger charge is -2.44. The topological polar surface area (TPSA) is 17.1 Å². The molecule has 0 N–H and O–H groups in total. The highest BCUT2D eigenvalue weighted by atomic mass is 32.3. The zero-order chi connectivity index (χ0) is 14.7. The molecule has 0 amide bonds. The summed E-state index contributed by atoms with van der Waals surface area (Å²) in [6.07, 6.45) is 11.8. The van der Waals surface area contributed by atoms with Gasteiger partial charge in [0.05, 0.1) is 5.25 Å². The van der Waals surface area contributed by atoms with Crippen LogP contribution < -0.4 is 0 Å². The molecular formula is C19H28OS. The van der Waals surface area contributed by atoms with Gasteiger partial charge in [0.2, 0.25) is 0 Å². The fourth-order valence-electron chi connectivity index (χ4n) is 4.36. The molecule has 3 rings (SSSR count). The molecule has 1 aromatic carbocycles. The Morgan fingerprint density at radius 1 is 1.00 bits per heavy atom. The monoisotopic (exact) mass is 304 g/mol. The predicted molar refractivity (Wildman–Crippen MR) is 93.6 cm³/mol. The van der Waals surface area contributed by atoms with Crippen LogP contribution in [0.4, 0.5) is 0 Å². The molecule has 21 heavy (non-hydrogen) atoms. The van der Waals surface area contributed by atoms with Crippen LogP contribution in [0.1, 0.15) is 55.3 Å². The maximum atomic E-state index is 13.3. The van der Waals surface area contributed by atoms with Crippen LogP contribution in [0, 0.1) is 5.92 Å². The summed E-state index contributed by atoms with van der Waals surface area (Å²) < 4.78 is 0. The molecule has 0 spiro atoms. The van der Waals surface area contributed by atoms with Crippen molar-refractivity contribution in [3.8, 4) is 0 Å². The summed E-state index contributed by atoms with van der Waals surface area (Å²) in [5.41, 5.74) is 0.952. The normalized spacial score (nSPS) is 25.4. The van der Waals surface area contributed by atoms with E-state index in [2.05, 4.69) is 6.26 Å². The standard InChI is InChI=1S/C19H28OS/c1-21(14-8-9-15-21)19(17-12-6-3-7-13-17)18(20)16-10-4-2-5-11-16/h2,4-5,10-11,17,19H,3,6-9,12-15H2,1H3. The van der Waals surface area contributed by atoms with Crippen LogP contribution in [-0.2, 0) is 0 Å². The third-order valence-corrected chi connectivity index (χ3v) is 9.75. The van der Waals surface area contributed by atoms with Gasteiger partial charge in [-0.05, 0) is 49.4 Å². The molecule has 1 aliphatic heterocycles. The highest BCUT2D eigenvalue weighted by molar-refractivity contribution is 8.34. The minimum atomic E-state index is -0.741. The molecule has 2 fully saturated rings. The number of carbonyl (C=O) groups is 1. The van der Waals surface area contributed by atoms with E-state index in [4.69, 9.17) is 0 Å². The second-order valence-corrected chi connectivity index (χ2v) is 11.0. The summed E-state index contributed by atoms with van der Waals surface area (Å²) in [5.74, 6) is 3.77. The zero-order valence-electron chi connectivity index (χ0n) is 13.2. The van der Waals surface area contributed by atoms with Crippen molar-refractivity contribution in [2.45, 2.75) is 50.2 Å². The third-order valence-electron chi connectivity index (χ3n) is 5.48. The SMILES string of the molecule is CS1(C(C(=O)c2ccccc2)C2CCCCC2)CCCC1. The van der Waals surface area contributed by atoms with E-state index in [1.165, 1.54) is 56.5 Å². The van der Waals surface area contributed by atoms with Crippen LogP contribution in [0.25, 0.3) is 0 Å². The number of ketones is 1. The summed E-state index contributed by atoms with van der Waals surface area (Å²) in [5, 5.41) is 0.336. The minimum Gasteiger partial charge on any atom is -0.293 e. The Morgan fingerprint density at radius 2 is 1.62 bits per heavy atom. The first-order valence-electron chi connectivity index (χ1n) is 8.52. The Balaban J connectivity index is 1.89. The minimum absolute atomic E-state index is 0.336. The number of carbonyl (C=O) groups excluding carboxylic acids is 1. The molecule has 116 valence electrons. The highest BCUT2D eigenvalue weighted by Crippen LogP contribution is 2.59. The summed E-state index contributed by atoms with van der Waals surface area (Å²) in [4.78, 5) is 13.3. The Kier molecular flexibility index (Phi) is 4.73. The molecule has 1 aliphatic carbocycles. The van der Waals surface area contributed by atoms with Crippen LogP contribution >= 0.6 is 10.0 Å². The Hall–Kier alpha value is -0.760. The molecule has 2 aliphatic rings. The summed E-state index contributed by atoms with van der Waals surface area (Å²) in [7, 11) is -0.741. The van der Waals surface area contributed by atoms with Gasteiger partial charge in [-0.2, -0.15) is 0 Å². The van der Waals surface area contributed by atoms with Gasteiger partial charge in [0.1, 0.15) is 0 Å². The quantitative estimate of drug-likeness (QED) is 0.712. The van der Waals surface area contributed by atoms with Gasteiger partial charge in [0.25, 0.3) is 0 Å². The molecule has 2 heteroatoms. The number of rotatable bonds is 4. The lowest BCUT2D eigenvalue weighted by Crippen LogP contribution is -2.36. The third kappa shape index (κ3) is 3.21. The second-order valence-electron chi connectivity index (χ2n) is 7.01. The van der Waals surface area contributed by atoms with Gasteiger partial charge in [0.15, 0.2) is 5.78 Å². The second kappa shape index (κ2) is 6.56. The zero-order valence-corrected chi connectivity index (χ0v) is 14.0. The number of hydrogen-bond donors (Lipinski definition) is 0. The molecule has 1 saturated heterocycles. The lowest BCUT2D eigenvalue weighted by atomic mass is 9.84. The first kappa shape index (κ1) is 15.1. The summed E-state index contributed by atoms with van der Waals surface area (Å²) in [6, 6.07) is 10.1. The van der Waals surface area contributed by atoms with Crippen molar-refractivity contribution < 1.29 is 4.79 Å². The smallest absolute Gasteiger partial charge is 0.174 e. The van der Waals surface area contributed by atoms with Crippen molar-refractivity contribution in [1.29, 1.82) is 0 Å². The van der Waals surface area contributed by atoms with Crippen molar-refractivity contribution in [3.05, 3.63) is 35.9 Å². The van der Waals surface area contributed by atoms with Crippen molar-refractivity contribution in [1.82, 2.24) is 0 Å². The number of Topliss-reactive ketones (excluding diaryl/α,β-unsaturated/α-hetero) is 1. The van der Waals surface area contributed by atoms with E-state index in [1.807, 2.05) is 30.3 Å². The maximum Gasteiger partial charge on any atom is 0.174 e. The average molecular weight is 304 g/mol. The molecule has 0 bridgehead atoms. The molecular weight excluding hydrogens is 276 g/mol. The van der Waals surface area contributed by atoms with Gasteiger partial charge < -0.3 is 0 Å². The van der Waals surface area contributed by atoms with E-state index in [9.17, 15) is 4.79 Å². The average Bonchev–Trinajstić information content (AvgIpc) is 2.96. The van der Waals surface area contributed by atoms with Gasteiger partial charge in [0, 0.05) is 5.56 Å². The van der Waals surface area contributed by atoms with Crippen LogP contribution in [0.15, 0.2) is 30.3 Å². The van der Waals surface area contributed by atoms with Crippen LogP contribution in [0.2, 0.25) is 0 Å². The molecule has 1 nitrogen and oxygen atoms in total. The Bertz CT molecular complexity index is 470. The highest BCUT2D eigenvalue weighted by Gasteiger charge is 2.42. The Morgan fingerprint density at radius 3 is 2.24 bits per heavy atom. The van der Waals surface area contributed by atoms with Crippen LogP contribution in [0.5, 0.6) is 0 Å². The van der Waals surface area contributed by atoms with E-state index in [-0.39, 0.29) is 0 Å². The van der Waals surface area contributed by atoms with E-state index < -0.39 is 10.0 Å². The van der Waals surface area contributed by atoms with Crippen molar-refractivity contribution in [3.63, 3.8) is 0 Å². The van der Waals surface area contributed by atoms with E-state index in [0.717, 1.165) is 5.56 Å². The maximum absolute atomic E-state index is 13.3. The van der Waals surface area contributed by atoms with E-state index >= 15 is 0 Å². The fraction of sp³-hybridized carbons (Fsp3) is 0.632. The van der Waals surface area contributed by atoms with E-state index in [0.29, 0.717) is 17.0 Å². The first-order valence-corrected chi connectivity index (χ1v) is 11.0. The number of hydrogen-bond acceptors (Lipinski definition) is 1. The molecule has 1 unspecified atom stereocenters. The van der Waals surface area contributed by atoms with Crippen LogP contribution in [-0.4, -0.2) is 28.8 Å². The van der Waals surface area contributed by atoms with Gasteiger partial charge in [-0.15, -0.1) is 0 Å². The van der Waals surface area contributed by atoms with Gasteiger partial charge in [-0.1, -0.05) is 49.6 Å². The molecule has 0 radical (unpaired) electrons. The Labute approximate surface area is 130 Å². The van der Waals surface area contributed by atoms with Crippen molar-refractivity contribution in [2.75, 3.05) is 17.8 Å². The van der Waals surface area contributed by atoms with Crippen molar-refractivity contribution >= 4 is 15.8 Å². The molecule has 1 atom stereocenters. The predicted octanol–water partition coefficient (Wildman–Crippen LogP) is 5.05. The molecule has 1 aromatic rings. The largest absolute Gasteiger partial charge is 0.293 e. The molecule has 0 aromatic heterocycles. The van der Waals surface area contributed by atoms with Gasteiger partial charge >= 0.3 is 0 Å².